The maximum atomic E-state index is 12.2. The van der Waals surface area contributed by atoms with Crippen molar-refractivity contribution in [2.24, 2.45) is 11.8 Å². The van der Waals surface area contributed by atoms with Crippen LogP contribution in [0.1, 0.15) is 5.56 Å². The minimum absolute atomic E-state index is 0.0653. The first kappa shape index (κ1) is 12.0. The molecule has 2 atom stereocenters. The quantitative estimate of drug-likeness (QED) is 0.794. The van der Waals surface area contributed by atoms with E-state index in [4.69, 9.17) is 5.26 Å². The molecule has 2 fully saturated rings. The maximum absolute atomic E-state index is 12.2. The van der Waals surface area contributed by atoms with E-state index in [1.165, 1.54) is 0 Å². The molecule has 3 rings (SSSR count). The SMILES string of the molecule is N#Cc1cccc(NC(=O)N2CC3CNCC3C2)c1. The van der Waals surface area contributed by atoms with Crippen LogP contribution in [-0.2, 0) is 0 Å². The molecule has 0 radical (unpaired) electrons. The highest BCUT2D eigenvalue weighted by molar-refractivity contribution is 5.89. The van der Waals surface area contributed by atoms with Gasteiger partial charge in [0.15, 0.2) is 0 Å². The number of carbonyl (C=O) groups is 1. The predicted octanol–water partition coefficient (Wildman–Crippen LogP) is 1.24. The van der Waals surface area contributed by atoms with E-state index in [1.54, 1.807) is 24.3 Å². The van der Waals surface area contributed by atoms with Crippen LogP contribution in [0.4, 0.5) is 10.5 Å². The summed E-state index contributed by atoms with van der Waals surface area (Å²) in [5.74, 6) is 1.19. The third kappa shape index (κ3) is 2.40. The number of hydrogen-bond donors (Lipinski definition) is 2. The number of nitriles is 1. The highest BCUT2D eigenvalue weighted by Crippen LogP contribution is 2.26. The number of anilines is 1. The molecule has 0 aromatic heterocycles. The van der Waals surface area contributed by atoms with Crippen molar-refractivity contribution in [3.8, 4) is 6.07 Å². The monoisotopic (exact) mass is 256 g/mol. The van der Waals surface area contributed by atoms with E-state index in [9.17, 15) is 4.79 Å². The molecule has 2 amide bonds. The molecule has 1 aromatic carbocycles. The number of benzene rings is 1. The third-order valence-electron chi connectivity index (χ3n) is 3.92. The number of hydrogen-bond acceptors (Lipinski definition) is 3. The van der Waals surface area contributed by atoms with Crippen molar-refractivity contribution in [1.82, 2.24) is 10.2 Å². The van der Waals surface area contributed by atoms with E-state index >= 15 is 0 Å². The molecule has 1 aromatic rings. The summed E-state index contributed by atoms with van der Waals surface area (Å²) in [7, 11) is 0. The van der Waals surface area contributed by atoms with Crippen LogP contribution in [0.3, 0.4) is 0 Å². The lowest BCUT2D eigenvalue weighted by Gasteiger charge is -2.18. The van der Waals surface area contributed by atoms with Gasteiger partial charge in [-0.25, -0.2) is 4.79 Å². The molecule has 0 bridgehead atoms. The molecule has 98 valence electrons. The molecule has 2 unspecified atom stereocenters. The van der Waals surface area contributed by atoms with Crippen LogP contribution in [0.5, 0.6) is 0 Å². The Morgan fingerprint density at radius 3 is 2.79 bits per heavy atom. The van der Waals surface area contributed by atoms with Gasteiger partial charge in [0.25, 0.3) is 0 Å². The first-order valence-electron chi connectivity index (χ1n) is 6.53. The van der Waals surface area contributed by atoms with E-state index in [1.807, 2.05) is 4.90 Å². The van der Waals surface area contributed by atoms with Gasteiger partial charge in [0.1, 0.15) is 0 Å². The van der Waals surface area contributed by atoms with Crippen molar-refractivity contribution in [2.75, 3.05) is 31.5 Å². The van der Waals surface area contributed by atoms with Gasteiger partial charge in [0, 0.05) is 31.9 Å². The van der Waals surface area contributed by atoms with Crippen LogP contribution < -0.4 is 10.6 Å². The number of likely N-dealkylation sites (tertiary alicyclic amines) is 1. The number of amides is 2. The fourth-order valence-corrected chi connectivity index (χ4v) is 2.89. The van der Waals surface area contributed by atoms with E-state index < -0.39 is 0 Å². The van der Waals surface area contributed by atoms with Gasteiger partial charge in [0.2, 0.25) is 0 Å². The van der Waals surface area contributed by atoms with Crippen molar-refractivity contribution in [2.45, 2.75) is 0 Å². The average molecular weight is 256 g/mol. The minimum Gasteiger partial charge on any atom is -0.324 e. The molecule has 2 heterocycles. The average Bonchev–Trinajstić information content (AvgIpc) is 2.99. The van der Waals surface area contributed by atoms with Crippen molar-refractivity contribution < 1.29 is 4.79 Å². The molecule has 0 aliphatic carbocycles. The zero-order valence-corrected chi connectivity index (χ0v) is 10.6. The molecule has 2 saturated heterocycles. The fraction of sp³-hybridized carbons (Fsp3) is 0.429. The van der Waals surface area contributed by atoms with Gasteiger partial charge in [-0.2, -0.15) is 5.26 Å². The Hall–Kier alpha value is -2.06. The molecule has 19 heavy (non-hydrogen) atoms. The summed E-state index contributed by atoms with van der Waals surface area (Å²) in [6.45, 7) is 3.67. The Morgan fingerprint density at radius 2 is 2.11 bits per heavy atom. The summed E-state index contributed by atoms with van der Waals surface area (Å²) in [5, 5.41) is 15.1. The van der Waals surface area contributed by atoms with Crippen molar-refractivity contribution in [3.63, 3.8) is 0 Å². The highest BCUT2D eigenvalue weighted by Gasteiger charge is 2.37. The number of nitrogens with zero attached hydrogens (tertiary/aromatic N) is 2. The van der Waals surface area contributed by atoms with Crippen LogP contribution in [-0.4, -0.2) is 37.1 Å². The number of fused-ring (bicyclic) bond motifs is 1. The first-order chi connectivity index (χ1) is 9.26. The zero-order valence-electron chi connectivity index (χ0n) is 10.6. The predicted molar refractivity (Wildman–Crippen MR) is 71.6 cm³/mol. The lowest BCUT2D eigenvalue weighted by molar-refractivity contribution is 0.219. The Balaban J connectivity index is 1.64. The Morgan fingerprint density at radius 1 is 1.37 bits per heavy atom. The number of carbonyl (C=O) groups excluding carboxylic acids is 1. The Labute approximate surface area is 112 Å². The largest absolute Gasteiger partial charge is 0.324 e. The van der Waals surface area contributed by atoms with E-state index in [2.05, 4.69) is 16.7 Å². The van der Waals surface area contributed by atoms with Gasteiger partial charge in [-0.3, -0.25) is 0 Å². The zero-order chi connectivity index (χ0) is 13.2. The van der Waals surface area contributed by atoms with Gasteiger partial charge < -0.3 is 15.5 Å². The lowest BCUT2D eigenvalue weighted by Crippen LogP contribution is -2.35. The molecule has 2 aliphatic rings. The summed E-state index contributed by atoms with van der Waals surface area (Å²) in [6.07, 6.45) is 0. The second-order valence-corrected chi connectivity index (χ2v) is 5.21. The fourth-order valence-electron chi connectivity index (χ4n) is 2.89. The molecule has 5 heteroatoms. The first-order valence-corrected chi connectivity index (χ1v) is 6.53. The topological polar surface area (TPSA) is 68.2 Å². The third-order valence-corrected chi connectivity index (χ3v) is 3.92. The van der Waals surface area contributed by atoms with E-state index in [0.717, 1.165) is 26.2 Å². The van der Waals surface area contributed by atoms with Crippen LogP contribution >= 0.6 is 0 Å². The summed E-state index contributed by atoms with van der Waals surface area (Å²) in [6, 6.07) is 9.00. The number of nitrogens with one attached hydrogen (secondary N) is 2. The van der Waals surface area contributed by atoms with Gasteiger partial charge in [-0.1, -0.05) is 6.07 Å². The minimum atomic E-state index is -0.0653. The number of urea groups is 1. The summed E-state index contributed by atoms with van der Waals surface area (Å²) < 4.78 is 0. The normalized spacial score (nSPS) is 24.9. The van der Waals surface area contributed by atoms with Gasteiger partial charge in [0.05, 0.1) is 11.6 Å². The van der Waals surface area contributed by atoms with Crippen LogP contribution in [0.2, 0.25) is 0 Å². The molecule has 0 saturated carbocycles. The molecular weight excluding hydrogens is 240 g/mol. The van der Waals surface area contributed by atoms with Gasteiger partial charge in [-0.15, -0.1) is 0 Å². The second-order valence-electron chi connectivity index (χ2n) is 5.21. The smallest absolute Gasteiger partial charge is 0.321 e. The van der Waals surface area contributed by atoms with Crippen molar-refractivity contribution in [1.29, 1.82) is 5.26 Å². The van der Waals surface area contributed by atoms with Crippen LogP contribution in [0, 0.1) is 23.2 Å². The lowest BCUT2D eigenvalue weighted by atomic mass is 10.0. The van der Waals surface area contributed by atoms with Crippen molar-refractivity contribution >= 4 is 11.7 Å². The highest BCUT2D eigenvalue weighted by atomic mass is 16.2. The summed E-state index contributed by atoms with van der Waals surface area (Å²) in [4.78, 5) is 14.0. The van der Waals surface area contributed by atoms with E-state index in [0.29, 0.717) is 23.1 Å². The molecule has 0 spiro atoms. The van der Waals surface area contributed by atoms with Crippen molar-refractivity contribution in [3.05, 3.63) is 29.8 Å². The standard InChI is InChI=1S/C14H16N4O/c15-5-10-2-1-3-13(4-10)17-14(19)18-8-11-6-16-7-12(11)9-18/h1-4,11-12,16H,6-9H2,(H,17,19). The second kappa shape index (κ2) is 4.90. The van der Waals surface area contributed by atoms with Gasteiger partial charge >= 0.3 is 6.03 Å². The van der Waals surface area contributed by atoms with Crippen LogP contribution in [0.15, 0.2) is 24.3 Å². The maximum Gasteiger partial charge on any atom is 0.321 e. The number of rotatable bonds is 1. The molecule has 2 N–H and O–H groups in total. The molecule has 2 aliphatic heterocycles. The van der Waals surface area contributed by atoms with Gasteiger partial charge in [-0.05, 0) is 30.0 Å². The van der Waals surface area contributed by atoms with Crippen LogP contribution in [0.25, 0.3) is 0 Å². The summed E-state index contributed by atoms with van der Waals surface area (Å²) in [5.41, 5.74) is 1.24. The molecular formula is C14H16N4O. The molecule has 5 nitrogen and oxygen atoms in total. The Kier molecular flexibility index (Phi) is 3.10. The van der Waals surface area contributed by atoms with E-state index in [-0.39, 0.29) is 6.03 Å². The Bertz CT molecular complexity index is 524. The summed E-state index contributed by atoms with van der Waals surface area (Å²) >= 11 is 0.